The van der Waals surface area contributed by atoms with E-state index < -0.39 is 10.0 Å². The second kappa shape index (κ2) is 7.44. The van der Waals surface area contributed by atoms with Crippen molar-refractivity contribution in [1.82, 2.24) is 4.98 Å². The number of nitrogens with zero attached hydrogens (tertiary/aromatic N) is 2. The largest absolute Gasteiger partial charge is 0.496 e. The van der Waals surface area contributed by atoms with Crippen LogP contribution in [0.25, 0.3) is 11.3 Å². The van der Waals surface area contributed by atoms with Gasteiger partial charge in [-0.25, -0.2) is 13.4 Å². The third-order valence-corrected chi connectivity index (χ3v) is 6.74. The molecule has 0 unspecified atom stereocenters. The third kappa shape index (κ3) is 3.70. The molecule has 28 heavy (non-hydrogen) atoms. The fourth-order valence-corrected chi connectivity index (χ4v) is 5.06. The quantitative estimate of drug-likeness (QED) is 0.664. The molecule has 4 rings (SSSR count). The molecule has 2 heterocycles. The van der Waals surface area contributed by atoms with Gasteiger partial charge in [0.05, 0.1) is 24.7 Å². The molecule has 0 spiro atoms. The lowest BCUT2D eigenvalue weighted by Crippen LogP contribution is -2.27. The summed E-state index contributed by atoms with van der Waals surface area (Å²) >= 11 is 1.55. The molecule has 1 N–H and O–H groups in total. The Bertz CT molecular complexity index is 1110. The number of methoxy groups -OCH3 is 1. The van der Waals surface area contributed by atoms with Crippen LogP contribution in [0, 0.1) is 0 Å². The Balaban J connectivity index is 1.51. The number of para-hydroxylation sites is 1. The van der Waals surface area contributed by atoms with Gasteiger partial charge >= 0.3 is 0 Å². The molecular formula is C20H21N3O3S2. The number of hydrogen-bond acceptors (Lipinski definition) is 6. The van der Waals surface area contributed by atoms with Crippen molar-refractivity contribution in [2.45, 2.75) is 13.0 Å². The molecule has 0 saturated heterocycles. The Kier molecular flexibility index (Phi) is 4.99. The standard InChI is InChI=1S/C20H21N3O3S2/c1-26-19-6-4-3-5-16(19)12-21-20-22-17(13-27-20)14-7-8-18-15(11-14)9-10-23(18)28(2,24)25/h3-8,11,13H,9-10,12H2,1-2H3,(H,21,22). The molecule has 6 nitrogen and oxygen atoms in total. The number of anilines is 2. The number of hydrogen-bond donors (Lipinski definition) is 1. The monoisotopic (exact) mass is 415 g/mol. The lowest BCUT2D eigenvalue weighted by Gasteiger charge is -2.16. The van der Waals surface area contributed by atoms with E-state index in [-0.39, 0.29) is 0 Å². The second-order valence-corrected chi connectivity index (χ2v) is 9.40. The maximum absolute atomic E-state index is 11.9. The molecule has 0 saturated carbocycles. The predicted molar refractivity (Wildman–Crippen MR) is 114 cm³/mol. The zero-order valence-corrected chi connectivity index (χ0v) is 17.3. The zero-order valence-electron chi connectivity index (χ0n) is 15.7. The van der Waals surface area contributed by atoms with Crippen LogP contribution in [-0.2, 0) is 23.0 Å². The molecule has 1 aliphatic heterocycles. The first-order chi connectivity index (χ1) is 13.5. The van der Waals surface area contributed by atoms with Crippen LogP contribution in [0.4, 0.5) is 10.8 Å². The Morgan fingerprint density at radius 1 is 1.25 bits per heavy atom. The first-order valence-electron chi connectivity index (χ1n) is 8.88. The average molecular weight is 416 g/mol. The summed E-state index contributed by atoms with van der Waals surface area (Å²) in [5.74, 6) is 0.848. The summed E-state index contributed by atoms with van der Waals surface area (Å²) in [6.07, 6.45) is 1.97. The molecule has 0 atom stereocenters. The lowest BCUT2D eigenvalue weighted by molar-refractivity contribution is 0.410. The van der Waals surface area contributed by atoms with Crippen LogP contribution < -0.4 is 14.4 Å². The smallest absolute Gasteiger partial charge is 0.232 e. The topological polar surface area (TPSA) is 71.5 Å². The highest BCUT2D eigenvalue weighted by Crippen LogP contribution is 2.34. The molecule has 0 bridgehead atoms. The van der Waals surface area contributed by atoms with Gasteiger partial charge in [0.25, 0.3) is 0 Å². The number of sulfonamides is 1. The first-order valence-corrected chi connectivity index (χ1v) is 11.6. The van der Waals surface area contributed by atoms with Crippen molar-refractivity contribution in [2.75, 3.05) is 29.5 Å². The van der Waals surface area contributed by atoms with Crippen molar-refractivity contribution in [3.63, 3.8) is 0 Å². The van der Waals surface area contributed by atoms with Crippen molar-refractivity contribution in [3.8, 4) is 17.0 Å². The summed E-state index contributed by atoms with van der Waals surface area (Å²) in [4.78, 5) is 4.68. The molecule has 0 amide bonds. The molecule has 1 aromatic heterocycles. The third-order valence-electron chi connectivity index (χ3n) is 4.76. The number of benzene rings is 2. The highest BCUT2D eigenvalue weighted by molar-refractivity contribution is 7.92. The maximum atomic E-state index is 11.9. The van der Waals surface area contributed by atoms with Crippen LogP contribution in [0.15, 0.2) is 47.8 Å². The fraction of sp³-hybridized carbons (Fsp3) is 0.250. The van der Waals surface area contributed by atoms with Gasteiger partial charge in [0.2, 0.25) is 10.0 Å². The summed E-state index contributed by atoms with van der Waals surface area (Å²) in [6, 6.07) is 13.7. The van der Waals surface area contributed by atoms with Gasteiger partial charge in [-0.2, -0.15) is 0 Å². The molecule has 0 fully saturated rings. The number of nitrogens with one attached hydrogen (secondary N) is 1. The summed E-state index contributed by atoms with van der Waals surface area (Å²) < 4.78 is 30.6. The van der Waals surface area contributed by atoms with Crippen molar-refractivity contribution in [3.05, 3.63) is 59.0 Å². The van der Waals surface area contributed by atoms with Crippen LogP contribution in [-0.4, -0.2) is 33.3 Å². The van der Waals surface area contributed by atoms with Gasteiger partial charge in [0.1, 0.15) is 5.75 Å². The SMILES string of the molecule is COc1ccccc1CNc1nc(-c2ccc3c(c2)CCN3S(C)(=O)=O)cs1. The van der Waals surface area contributed by atoms with Crippen LogP contribution in [0.1, 0.15) is 11.1 Å². The number of aromatic nitrogens is 1. The number of fused-ring (bicyclic) bond motifs is 1. The van der Waals surface area contributed by atoms with E-state index in [4.69, 9.17) is 4.74 Å². The van der Waals surface area contributed by atoms with Crippen LogP contribution in [0.3, 0.4) is 0 Å². The van der Waals surface area contributed by atoms with E-state index in [0.717, 1.165) is 45.4 Å². The van der Waals surface area contributed by atoms with Gasteiger partial charge in [0.15, 0.2) is 5.13 Å². The van der Waals surface area contributed by atoms with E-state index in [1.807, 2.05) is 47.8 Å². The Hall–Kier alpha value is -2.58. The Morgan fingerprint density at radius 2 is 2.07 bits per heavy atom. The number of thiazole rings is 1. The van der Waals surface area contributed by atoms with Gasteiger partial charge < -0.3 is 10.1 Å². The van der Waals surface area contributed by atoms with E-state index in [1.54, 1.807) is 18.4 Å². The maximum Gasteiger partial charge on any atom is 0.232 e. The van der Waals surface area contributed by atoms with E-state index in [2.05, 4.69) is 10.3 Å². The van der Waals surface area contributed by atoms with Crippen molar-refractivity contribution in [1.29, 1.82) is 0 Å². The minimum absolute atomic E-state index is 0.500. The second-order valence-electron chi connectivity index (χ2n) is 6.63. The van der Waals surface area contributed by atoms with Gasteiger partial charge in [-0.15, -0.1) is 11.3 Å². The highest BCUT2D eigenvalue weighted by atomic mass is 32.2. The molecule has 1 aliphatic rings. The van der Waals surface area contributed by atoms with Crippen LogP contribution in [0.2, 0.25) is 0 Å². The molecule has 8 heteroatoms. The summed E-state index contributed by atoms with van der Waals surface area (Å²) in [6.45, 7) is 1.13. The summed E-state index contributed by atoms with van der Waals surface area (Å²) in [5, 5.41) is 6.19. The molecular weight excluding hydrogens is 394 g/mol. The minimum atomic E-state index is -3.23. The first kappa shape index (κ1) is 18.8. The lowest BCUT2D eigenvalue weighted by atomic mass is 10.1. The van der Waals surface area contributed by atoms with E-state index >= 15 is 0 Å². The van der Waals surface area contributed by atoms with Gasteiger partial charge in [-0.3, -0.25) is 4.31 Å². The fourth-order valence-electron chi connectivity index (χ4n) is 3.38. The van der Waals surface area contributed by atoms with E-state index in [9.17, 15) is 8.42 Å². The van der Waals surface area contributed by atoms with Gasteiger partial charge in [-0.05, 0) is 30.2 Å². The average Bonchev–Trinajstić information content (AvgIpc) is 3.32. The zero-order chi connectivity index (χ0) is 19.7. The number of rotatable bonds is 6. The van der Waals surface area contributed by atoms with Crippen molar-refractivity contribution < 1.29 is 13.2 Å². The Labute approximate surface area is 168 Å². The predicted octanol–water partition coefficient (Wildman–Crippen LogP) is 3.75. The summed E-state index contributed by atoms with van der Waals surface area (Å²) in [7, 11) is -1.56. The minimum Gasteiger partial charge on any atom is -0.496 e. The number of ether oxygens (including phenoxy) is 1. The van der Waals surface area contributed by atoms with Crippen LogP contribution in [0.5, 0.6) is 5.75 Å². The molecule has 0 aliphatic carbocycles. The van der Waals surface area contributed by atoms with Crippen molar-refractivity contribution >= 4 is 32.2 Å². The van der Waals surface area contributed by atoms with E-state index in [0.29, 0.717) is 13.1 Å². The summed E-state index contributed by atoms with van der Waals surface area (Å²) in [5.41, 5.74) is 4.76. The molecule has 0 radical (unpaired) electrons. The molecule has 146 valence electrons. The normalized spacial score (nSPS) is 13.4. The molecule has 2 aromatic carbocycles. The van der Waals surface area contributed by atoms with Gasteiger partial charge in [-0.1, -0.05) is 24.3 Å². The Morgan fingerprint density at radius 3 is 2.86 bits per heavy atom. The highest BCUT2D eigenvalue weighted by Gasteiger charge is 2.26. The van der Waals surface area contributed by atoms with Crippen molar-refractivity contribution in [2.24, 2.45) is 0 Å². The van der Waals surface area contributed by atoms with Gasteiger partial charge in [0, 0.05) is 29.6 Å². The van der Waals surface area contributed by atoms with E-state index in [1.165, 1.54) is 10.6 Å². The van der Waals surface area contributed by atoms with Crippen LogP contribution >= 0.6 is 11.3 Å². The molecule has 3 aromatic rings.